The molecule has 1 heterocycles. The van der Waals surface area contributed by atoms with E-state index < -0.39 is 5.97 Å². The lowest BCUT2D eigenvalue weighted by atomic mass is 9.98. The molecule has 4 heteroatoms. The van der Waals surface area contributed by atoms with Gasteiger partial charge in [-0.2, -0.15) is 0 Å². The van der Waals surface area contributed by atoms with Crippen LogP contribution in [0.1, 0.15) is 44.1 Å². The molecule has 0 saturated carbocycles. The molecule has 2 rings (SSSR count). The molecule has 1 aliphatic rings. The van der Waals surface area contributed by atoms with Gasteiger partial charge in [-0.25, -0.2) is 0 Å². The highest BCUT2D eigenvalue weighted by molar-refractivity contribution is 5.77. The van der Waals surface area contributed by atoms with Gasteiger partial charge in [0, 0.05) is 19.0 Å². The predicted octanol–water partition coefficient (Wildman–Crippen LogP) is 2.87. The van der Waals surface area contributed by atoms with E-state index in [1.165, 1.54) is 5.56 Å². The number of rotatable bonds is 6. The van der Waals surface area contributed by atoms with E-state index >= 15 is 0 Å². The lowest BCUT2D eigenvalue weighted by Crippen LogP contribution is -2.44. The Labute approximate surface area is 125 Å². The molecule has 1 atom stereocenters. The van der Waals surface area contributed by atoms with E-state index in [0.717, 1.165) is 32.1 Å². The summed E-state index contributed by atoms with van der Waals surface area (Å²) in [6, 6.07) is 10.0. The van der Waals surface area contributed by atoms with Crippen molar-refractivity contribution in [2.45, 2.75) is 51.0 Å². The second-order valence-electron chi connectivity index (χ2n) is 5.67. The number of amides is 1. The zero-order chi connectivity index (χ0) is 15.1. The Bertz CT molecular complexity index is 472. The first-order chi connectivity index (χ1) is 10.2. The molecule has 1 amide bonds. The van der Waals surface area contributed by atoms with Gasteiger partial charge in [0.2, 0.25) is 5.91 Å². The zero-order valence-corrected chi connectivity index (χ0v) is 12.3. The van der Waals surface area contributed by atoms with Crippen LogP contribution in [-0.2, 0) is 16.0 Å². The average molecular weight is 289 g/mol. The maximum atomic E-state index is 12.3. The van der Waals surface area contributed by atoms with E-state index in [1.807, 2.05) is 18.2 Å². The van der Waals surface area contributed by atoms with Crippen LogP contribution < -0.4 is 0 Å². The number of piperidine rings is 1. The van der Waals surface area contributed by atoms with Crippen molar-refractivity contribution in [2.75, 3.05) is 6.54 Å². The Morgan fingerprint density at radius 2 is 1.95 bits per heavy atom. The molecular formula is C17H23NO3. The Morgan fingerprint density at radius 1 is 1.19 bits per heavy atom. The van der Waals surface area contributed by atoms with Crippen molar-refractivity contribution < 1.29 is 14.7 Å². The maximum absolute atomic E-state index is 12.3. The number of carboxylic acids is 1. The van der Waals surface area contributed by atoms with Crippen LogP contribution in [0.15, 0.2) is 30.3 Å². The topological polar surface area (TPSA) is 57.6 Å². The summed E-state index contributed by atoms with van der Waals surface area (Å²) in [4.78, 5) is 25.0. The molecule has 1 saturated heterocycles. The van der Waals surface area contributed by atoms with Crippen molar-refractivity contribution in [3.8, 4) is 0 Å². The van der Waals surface area contributed by atoms with E-state index in [9.17, 15) is 9.59 Å². The summed E-state index contributed by atoms with van der Waals surface area (Å²) in [6.07, 6.45) is 5.11. The van der Waals surface area contributed by atoms with E-state index in [0.29, 0.717) is 13.0 Å². The Balaban J connectivity index is 1.81. The molecule has 1 aliphatic heterocycles. The highest BCUT2D eigenvalue weighted by Crippen LogP contribution is 2.21. The number of likely N-dealkylation sites (tertiary alicyclic amines) is 1. The molecule has 1 unspecified atom stereocenters. The first-order valence-electron chi connectivity index (χ1n) is 7.72. The van der Waals surface area contributed by atoms with Gasteiger partial charge >= 0.3 is 5.97 Å². The van der Waals surface area contributed by atoms with Crippen molar-refractivity contribution >= 4 is 11.9 Å². The number of carbonyl (C=O) groups is 2. The molecule has 1 aromatic carbocycles. The molecule has 4 nitrogen and oxygen atoms in total. The normalized spacial score (nSPS) is 18.5. The van der Waals surface area contributed by atoms with Crippen molar-refractivity contribution in [2.24, 2.45) is 0 Å². The second-order valence-corrected chi connectivity index (χ2v) is 5.67. The van der Waals surface area contributed by atoms with Crippen LogP contribution in [0.3, 0.4) is 0 Å². The van der Waals surface area contributed by atoms with Crippen LogP contribution in [0.5, 0.6) is 0 Å². The minimum absolute atomic E-state index is 0.0738. The fourth-order valence-corrected chi connectivity index (χ4v) is 2.97. The number of hydrogen-bond acceptors (Lipinski definition) is 2. The van der Waals surface area contributed by atoms with Gasteiger partial charge in [0.1, 0.15) is 0 Å². The maximum Gasteiger partial charge on any atom is 0.305 e. The summed E-state index contributed by atoms with van der Waals surface area (Å²) in [6.45, 7) is 0.710. The summed E-state index contributed by atoms with van der Waals surface area (Å²) in [7, 11) is 0. The number of carboxylic acid groups (broad SMARTS) is 1. The number of hydrogen-bond donors (Lipinski definition) is 1. The van der Waals surface area contributed by atoms with Crippen LogP contribution in [-0.4, -0.2) is 34.5 Å². The second kappa shape index (κ2) is 7.81. The van der Waals surface area contributed by atoms with Crippen molar-refractivity contribution in [1.29, 1.82) is 0 Å². The van der Waals surface area contributed by atoms with Gasteiger partial charge in [0.05, 0.1) is 6.42 Å². The van der Waals surface area contributed by atoms with Crippen molar-refractivity contribution in [1.82, 2.24) is 4.90 Å². The third kappa shape index (κ3) is 4.88. The summed E-state index contributed by atoms with van der Waals surface area (Å²) in [5, 5.41) is 8.95. The largest absolute Gasteiger partial charge is 0.481 e. The molecule has 114 valence electrons. The molecular weight excluding hydrogens is 266 g/mol. The minimum Gasteiger partial charge on any atom is -0.481 e. The standard InChI is InChI=1S/C17H23NO3/c19-16(11-6-9-14-7-2-1-3-8-14)18-12-5-4-10-15(18)13-17(20)21/h1-3,7-8,15H,4-6,9-13H2,(H,20,21). The van der Waals surface area contributed by atoms with Gasteiger partial charge in [-0.3, -0.25) is 9.59 Å². The first-order valence-corrected chi connectivity index (χ1v) is 7.72. The van der Waals surface area contributed by atoms with Gasteiger partial charge in [-0.15, -0.1) is 0 Å². The fraction of sp³-hybridized carbons (Fsp3) is 0.529. The van der Waals surface area contributed by atoms with Crippen LogP contribution in [0, 0.1) is 0 Å². The molecule has 1 N–H and O–H groups in total. The summed E-state index contributed by atoms with van der Waals surface area (Å²) in [5.74, 6) is -0.708. The third-order valence-corrected chi connectivity index (χ3v) is 4.06. The van der Waals surface area contributed by atoms with Gasteiger partial charge in [-0.05, 0) is 37.7 Å². The molecule has 1 aromatic rings. The van der Waals surface area contributed by atoms with Gasteiger partial charge < -0.3 is 10.0 Å². The Morgan fingerprint density at radius 3 is 2.67 bits per heavy atom. The molecule has 0 aliphatic carbocycles. The summed E-state index contributed by atoms with van der Waals surface area (Å²) in [5.41, 5.74) is 1.24. The molecule has 0 bridgehead atoms. The molecule has 1 fully saturated rings. The molecule has 0 spiro atoms. The quantitative estimate of drug-likeness (QED) is 0.876. The smallest absolute Gasteiger partial charge is 0.305 e. The van der Waals surface area contributed by atoms with E-state index in [1.54, 1.807) is 4.90 Å². The molecule has 21 heavy (non-hydrogen) atoms. The molecule has 0 radical (unpaired) electrons. The van der Waals surface area contributed by atoms with Crippen LogP contribution in [0.2, 0.25) is 0 Å². The number of carbonyl (C=O) groups excluding carboxylic acids is 1. The van der Waals surface area contributed by atoms with Crippen LogP contribution in [0.25, 0.3) is 0 Å². The molecule has 0 aromatic heterocycles. The van der Waals surface area contributed by atoms with Crippen molar-refractivity contribution in [3.05, 3.63) is 35.9 Å². The lowest BCUT2D eigenvalue weighted by Gasteiger charge is -2.35. The predicted molar refractivity (Wildman–Crippen MR) is 81.0 cm³/mol. The summed E-state index contributed by atoms with van der Waals surface area (Å²) < 4.78 is 0. The fourth-order valence-electron chi connectivity index (χ4n) is 2.97. The van der Waals surface area contributed by atoms with Crippen LogP contribution >= 0.6 is 0 Å². The van der Waals surface area contributed by atoms with Crippen molar-refractivity contribution in [3.63, 3.8) is 0 Å². The SMILES string of the molecule is O=C(O)CC1CCCCN1C(=O)CCCc1ccccc1. The van der Waals surface area contributed by atoms with E-state index in [4.69, 9.17) is 5.11 Å². The number of aliphatic carboxylic acids is 1. The summed E-state index contributed by atoms with van der Waals surface area (Å²) >= 11 is 0. The van der Waals surface area contributed by atoms with Gasteiger partial charge in [-0.1, -0.05) is 30.3 Å². The highest BCUT2D eigenvalue weighted by Gasteiger charge is 2.27. The minimum atomic E-state index is -0.816. The van der Waals surface area contributed by atoms with E-state index in [-0.39, 0.29) is 18.4 Å². The Kier molecular flexibility index (Phi) is 5.78. The number of nitrogens with zero attached hydrogens (tertiary/aromatic N) is 1. The van der Waals surface area contributed by atoms with E-state index in [2.05, 4.69) is 12.1 Å². The zero-order valence-electron chi connectivity index (χ0n) is 12.3. The average Bonchev–Trinajstić information content (AvgIpc) is 2.48. The first kappa shape index (κ1) is 15.5. The number of aryl methyl sites for hydroxylation is 1. The Hall–Kier alpha value is -1.84. The third-order valence-electron chi connectivity index (χ3n) is 4.06. The highest BCUT2D eigenvalue weighted by atomic mass is 16.4. The van der Waals surface area contributed by atoms with Gasteiger partial charge in [0.15, 0.2) is 0 Å². The number of benzene rings is 1. The van der Waals surface area contributed by atoms with Gasteiger partial charge in [0.25, 0.3) is 0 Å². The lowest BCUT2D eigenvalue weighted by molar-refractivity contribution is -0.141. The monoisotopic (exact) mass is 289 g/mol. The van der Waals surface area contributed by atoms with Crippen LogP contribution in [0.4, 0.5) is 0 Å².